The van der Waals surface area contributed by atoms with E-state index in [1.807, 2.05) is 0 Å². The molecule has 1 heterocycles. The Morgan fingerprint density at radius 1 is 1.50 bits per heavy atom. The molecule has 8 heteroatoms. The van der Waals surface area contributed by atoms with Crippen LogP contribution in [0.2, 0.25) is 0 Å². The Balaban J connectivity index is 2.85. The summed E-state index contributed by atoms with van der Waals surface area (Å²) in [4.78, 5) is 23.8. The third-order valence-corrected chi connectivity index (χ3v) is 4.69. The molecule has 1 saturated heterocycles. The summed E-state index contributed by atoms with van der Waals surface area (Å²) in [5.74, 6) is -1.86. The SMILES string of the molecule is COC(C)C(=O)N(CC(=O)O)C1CCS(=O)(=O)C1. The van der Waals surface area contributed by atoms with E-state index in [1.165, 1.54) is 14.0 Å². The second-order valence-corrected chi connectivity index (χ2v) is 6.52. The van der Waals surface area contributed by atoms with Crippen molar-refractivity contribution >= 4 is 21.7 Å². The number of carboxylic acid groups (broad SMARTS) is 1. The van der Waals surface area contributed by atoms with Crippen molar-refractivity contribution in [3.63, 3.8) is 0 Å². The average Bonchev–Trinajstić information content (AvgIpc) is 2.64. The van der Waals surface area contributed by atoms with Gasteiger partial charge in [-0.1, -0.05) is 0 Å². The maximum absolute atomic E-state index is 12.0. The van der Waals surface area contributed by atoms with Gasteiger partial charge in [0.25, 0.3) is 5.91 Å². The standard InChI is InChI=1S/C10H17NO6S/c1-7(17-2)10(14)11(5-9(12)13)8-3-4-18(15,16)6-8/h7-8H,3-6H2,1-2H3,(H,12,13). The molecule has 2 unspecified atom stereocenters. The summed E-state index contributed by atoms with van der Waals surface area (Å²) in [5.41, 5.74) is 0. The predicted molar refractivity (Wildman–Crippen MR) is 62.9 cm³/mol. The van der Waals surface area contributed by atoms with Crippen LogP contribution >= 0.6 is 0 Å². The maximum Gasteiger partial charge on any atom is 0.323 e. The summed E-state index contributed by atoms with van der Waals surface area (Å²) in [5, 5.41) is 8.79. The van der Waals surface area contributed by atoms with E-state index in [9.17, 15) is 18.0 Å². The van der Waals surface area contributed by atoms with Crippen molar-refractivity contribution < 1.29 is 27.9 Å². The van der Waals surface area contributed by atoms with Gasteiger partial charge in [-0.15, -0.1) is 0 Å². The molecule has 2 atom stereocenters. The lowest BCUT2D eigenvalue weighted by Gasteiger charge is -2.28. The van der Waals surface area contributed by atoms with E-state index >= 15 is 0 Å². The van der Waals surface area contributed by atoms with Crippen LogP contribution in [0.1, 0.15) is 13.3 Å². The minimum absolute atomic E-state index is 0.0115. The summed E-state index contributed by atoms with van der Waals surface area (Å²) in [6, 6.07) is -0.573. The molecular weight excluding hydrogens is 262 g/mol. The highest BCUT2D eigenvalue weighted by molar-refractivity contribution is 7.91. The van der Waals surface area contributed by atoms with Gasteiger partial charge in [0.1, 0.15) is 12.6 Å². The van der Waals surface area contributed by atoms with E-state index < -0.39 is 40.4 Å². The van der Waals surface area contributed by atoms with Crippen LogP contribution in [0.25, 0.3) is 0 Å². The first-order chi connectivity index (χ1) is 8.26. The number of carbonyl (C=O) groups is 2. The van der Waals surface area contributed by atoms with Crippen molar-refractivity contribution in [3.8, 4) is 0 Å². The number of amides is 1. The first-order valence-corrected chi connectivity index (χ1v) is 7.34. The third kappa shape index (κ3) is 3.67. The van der Waals surface area contributed by atoms with E-state index in [-0.39, 0.29) is 17.9 Å². The third-order valence-electron chi connectivity index (χ3n) is 2.94. The van der Waals surface area contributed by atoms with Crippen LogP contribution in [0.15, 0.2) is 0 Å². The number of hydrogen-bond acceptors (Lipinski definition) is 5. The van der Waals surface area contributed by atoms with Crippen LogP contribution in [0.4, 0.5) is 0 Å². The lowest BCUT2D eigenvalue weighted by molar-refractivity contribution is -0.150. The fourth-order valence-corrected chi connectivity index (χ4v) is 3.62. The first kappa shape index (κ1) is 14.9. The zero-order valence-electron chi connectivity index (χ0n) is 10.3. The first-order valence-electron chi connectivity index (χ1n) is 5.52. The summed E-state index contributed by atoms with van der Waals surface area (Å²) < 4.78 is 27.6. The summed E-state index contributed by atoms with van der Waals surface area (Å²) in [7, 11) is -1.83. The van der Waals surface area contributed by atoms with E-state index in [0.29, 0.717) is 0 Å². The van der Waals surface area contributed by atoms with E-state index in [1.54, 1.807) is 0 Å². The highest BCUT2D eigenvalue weighted by atomic mass is 32.2. The minimum Gasteiger partial charge on any atom is -0.480 e. The number of carboxylic acids is 1. The molecule has 1 fully saturated rings. The Morgan fingerprint density at radius 3 is 2.50 bits per heavy atom. The van der Waals surface area contributed by atoms with Gasteiger partial charge in [-0.05, 0) is 13.3 Å². The van der Waals surface area contributed by atoms with Crippen molar-refractivity contribution in [1.29, 1.82) is 0 Å². The molecule has 0 spiro atoms. The largest absolute Gasteiger partial charge is 0.480 e. The fraction of sp³-hybridized carbons (Fsp3) is 0.800. The van der Waals surface area contributed by atoms with Crippen molar-refractivity contribution in [2.45, 2.75) is 25.5 Å². The number of sulfone groups is 1. The van der Waals surface area contributed by atoms with Crippen molar-refractivity contribution in [2.75, 3.05) is 25.2 Å². The highest BCUT2D eigenvalue weighted by Crippen LogP contribution is 2.18. The van der Waals surface area contributed by atoms with Crippen LogP contribution in [0, 0.1) is 0 Å². The molecule has 104 valence electrons. The number of methoxy groups -OCH3 is 1. The molecule has 0 aliphatic carbocycles. The van der Waals surface area contributed by atoms with Gasteiger partial charge >= 0.3 is 5.97 Å². The van der Waals surface area contributed by atoms with Crippen LogP contribution in [0.3, 0.4) is 0 Å². The maximum atomic E-state index is 12.0. The fourth-order valence-electron chi connectivity index (χ4n) is 1.89. The van der Waals surface area contributed by atoms with Crippen LogP contribution < -0.4 is 0 Å². The van der Waals surface area contributed by atoms with Gasteiger partial charge in [0.05, 0.1) is 11.5 Å². The molecule has 18 heavy (non-hydrogen) atoms. The van der Waals surface area contributed by atoms with E-state index in [2.05, 4.69) is 0 Å². The molecule has 7 nitrogen and oxygen atoms in total. The number of rotatable bonds is 5. The average molecular weight is 279 g/mol. The van der Waals surface area contributed by atoms with Gasteiger partial charge in [-0.3, -0.25) is 9.59 Å². The molecule has 1 amide bonds. The molecule has 1 aliphatic rings. The Morgan fingerprint density at radius 2 is 2.11 bits per heavy atom. The Bertz CT molecular complexity index is 432. The molecule has 0 bridgehead atoms. The van der Waals surface area contributed by atoms with E-state index in [4.69, 9.17) is 9.84 Å². The molecule has 1 N–H and O–H groups in total. The highest BCUT2D eigenvalue weighted by Gasteiger charge is 2.36. The van der Waals surface area contributed by atoms with Gasteiger partial charge in [-0.25, -0.2) is 8.42 Å². The zero-order valence-corrected chi connectivity index (χ0v) is 11.1. The number of nitrogens with zero attached hydrogens (tertiary/aromatic N) is 1. The van der Waals surface area contributed by atoms with Crippen molar-refractivity contribution in [3.05, 3.63) is 0 Å². The van der Waals surface area contributed by atoms with Crippen LogP contribution in [-0.4, -0.2) is 67.6 Å². The number of aliphatic carboxylic acids is 1. The van der Waals surface area contributed by atoms with Gasteiger partial charge in [0.2, 0.25) is 0 Å². The molecule has 0 aromatic carbocycles. The molecule has 0 aromatic heterocycles. The number of carbonyl (C=O) groups excluding carboxylic acids is 1. The zero-order chi connectivity index (χ0) is 13.9. The minimum atomic E-state index is -3.17. The van der Waals surface area contributed by atoms with Gasteiger partial charge < -0.3 is 14.7 Å². The van der Waals surface area contributed by atoms with Crippen molar-refractivity contribution in [2.24, 2.45) is 0 Å². The molecule has 1 rings (SSSR count). The normalized spacial score (nSPS) is 23.6. The monoisotopic (exact) mass is 279 g/mol. The molecule has 0 saturated carbocycles. The summed E-state index contributed by atoms with van der Waals surface area (Å²) in [6.07, 6.45) is -0.509. The summed E-state index contributed by atoms with van der Waals surface area (Å²) in [6.45, 7) is 0.993. The lowest BCUT2D eigenvalue weighted by Crippen LogP contribution is -2.48. The molecule has 0 aromatic rings. The van der Waals surface area contributed by atoms with Crippen molar-refractivity contribution in [1.82, 2.24) is 4.90 Å². The molecule has 1 aliphatic heterocycles. The van der Waals surface area contributed by atoms with Gasteiger partial charge in [0.15, 0.2) is 9.84 Å². The Hall–Kier alpha value is -1.15. The van der Waals surface area contributed by atoms with Gasteiger partial charge in [0, 0.05) is 13.2 Å². The predicted octanol–water partition coefficient (Wildman–Crippen LogP) is -0.878. The lowest BCUT2D eigenvalue weighted by atomic mass is 10.2. The number of ether oxygens (including phenoxy) is 1. The van der Waals surface area contributed by atoms with Gasteiger partial charge in [-0.2, -0.15) is 0 Å². The smallest absolute Gasteiger partial charge is 0.323 e. The Labute approximate surface area is 106 Å². The molecular formula is C10H17NO6S. The summed E-state index contributed by atoms with van der Waals surface area (Å²) >= 11 is 0. The second-order valence-electron chi connectivity index (χ2n) is 4.29. The molecule has 0 radical (unpaired) electrons. The second kappa shape index (κ2) is 5.66. The number of hydrogen-bond donors (Lipinski definition) is 1. The van der Waals surface area contributed by atoms with E-state index in [0.717, 1.165) is 4.90 Å². The Kier molecular flexibility index (Phi) is 4.69. The topological polar surface area (TPSA) is 101 Å². The van der Waals surface area contributed by atoms with Crippen LogP contribution in [0.5, 0.6) is 0 Å². The van der Waals surface area contributed by atoms with Crippen LogP contribution in [-0.2, 0) is 24.2 Å². The quantitative estimate of drug-likeness (QED) is 0.701.